The first kappa shape index (κ1) is 27.2. The molecule has 3 rings (SSSR count). The molecule has 1 fully saturated rings. The molecule has 212 valence electrons. The van der Waals surface area contributed by atoms with E-state index >= 15 is 0 Å². The van der Waals surface area contributed by atoms with Gasteiger partial charge in [0.2, 0.25) is 0 Å². The minimum Gasteiger partial charge on any atom is -0.463 e. The molecule has 1 unspecified atom stereocenters. The Hall–Kier alpha value is -3.34. The van der Waals surface area contributed by atoms with Crippen molar-refractivity contribution in [3.05, 3.63) is 57.6 Å². The maximum absolute atomic E-state index is 14.0. The Balaban J connectivity index is 2.01. The molecule has 0 amide bonds. The summed E-state index contributed by atoms with van der Waals surface area (Å²) in [7, 11) is -4.60. The van der Waals surface area contributed by atoms with Crippen LogP contribution in [-0.4, -0.2) is 68.9 Å². The van der Waals surface area contributed by atoms with Gasteiger partial charge in [0.05, 0.1) is 27.5 Å². The van der Waals surface area contributed by atoms with Gasteiger partial charge in [0.15, 0.2) is 11.8 Å². The molecule has 1 aliphatic rings. The molecule has 0 aliphatic carbocycles. The van der Waals surface area contributed by atoms with Gasteiger partial charge in [-0.25, -0.2) is 18.5 Å². The van der Waals surface area contributed by atoms with Crippen molar-refractivity contribution in [3.63, 3.8) is 0 Å². The molecule has 2 heterocycles. The molecular weight excluding hydrogens is 538 g/mol. The number of alkyl halides is 1. The number of H-pyrrole nitrogens is 1. The third-order valence-electron chi connectivity index (χ3n) is 5.38. The number of aromatic nitrogens is 3. The highest BCUT2D eigenvalue weighted by molar-refractivity contribution is 7.54. The number of aromatic amines is 1. The van der Waals surface area contributed by atoms with Crippen molar-refractivity contribution < 1.29 is 40.1 Å². The predicted molar refractivity (Wildman–Crippen MR) is 136 cm³/mol. The van der Waals surface area contributed by atoms with Crippen molar-refractivity contribution >= 4 is 13.6 Å². The molecule has 2 aromatic rings. The van der Waals surface area contributed by atoms with Gasteiger partial charge in [0, 0.05) is 0 Å². The molecule has 13 nitrogen and oxygen atoms in total. The lowest BCUT2D eigenvalue weighted by Gasteiger charge is -2.27. The highest BCUT2D eigenvalue weighted by atomic mass is 31.2. The number of aliphatic hydroxyl groups is 1. The Morgan fingerprint density at radius 3 is 2.69 bits per heavy atom. The van der Waals surface area contributed by atoms with Crippen molar-refractivity contribution in [1.82, 2.24) is 14.5 Å². The van der Waals surface area contributed by atoms with Gasteiger partial charge in [-0.05, 0) is 26.0 Å². The minimum absolute atomic E-state index is 0.0228. The molecule has 0 bridgehead atoms. The van der Waals surface area contributed by atoms with E-state index < -0.39 is 80.3 Å². The van der Waals surface area contributed by atoms with Gasteiger partial charge >= 0.3 is 24.9 Å². The second-order valence-corrected chi connectivity index (χ2v) is 10.9. The highest BCUT2D eigenvalue weighted by Gasteiger charge is 2.55. The number of carbonyl (C=O) groups excluding carboxylic acids is 1. The Bertz CT molecular complexity index is 1460. The van der Waals surface area contributed by atoms with Gasteiger partial charge in [-0.2, -0.15) is 4.98 Å². The molecule has 15 heteroatoms. The van der Waals surface area contributed by atoms with Crippen LogP contribution in [0.15, 0.2) is 46.2 Å². The number of hydrogen-bond donors (Lipinski definition) is 3. The number of ether oxygens (including phenoxy) is 2. The number of esters is 1. The standard InChI is InChI=1S/C24H30FN4O9P/c1-15(2)36-20(31)16(3)13-39(34,38-17-8-5-4-6-9-17)35-12-18-19(30)24(26,10-7-11-25)21(37-18)29-14-27-22(32)28-23(29)33/h4-6,8-9,14-16,18-19,21,30H,11-13,26H2,1-3H3,(H,28,32,33)/t16-,18-,19+,21-,24?,39+/m1/s1/i12D2. The van der Waals surface area contributed by atoms with Crippen molar-refractivity contribution in [3.8, 4) is 17.6 Å². The Labute approximate surface area is 225 Å². The first-order valence-electron chi connectivity index (χ1n) is 12.7. The van der Waals surface area contributed by atoms with Crippen molar-refractivity contribution in [1.29, 1.82) is 0 Å². The number of rotatable bonds is 10. The van der Waals surface area contributed by atoms with Gasteiger partial charge in [-0.15, -0.1) is 0 Å². The molecule has 1 saturated heterocycles. The number of benzene rings is 1. The van der Waals surface area contributed by atoms with Gasteiger partial charge in [0.1, 0.15) is 31.0 Å². The summed E-state index contributed by atoms with van der Waals surface area (Å²) in [4.78, 5) is 41.6. The van der Waals surface area contributed by atoms with Gasteiger partial charge in [0.25, 0.3) is 0 Å². The van der Waals surface area contributed by atoms with E-state index in [9.17, 15) is 28.4 Å². The fraction of sp³-hybridized carbons (Fsp3) is 0.500. The van der Waals surface area contributed by atoms with Crippen LogP contribution in [0.1, 0.15) is 29.7 Å². The summed E-state index contributed by atoms with van der Waals surface area (Å²) in [6, 6.07) is 7.61. The van der Waals surface area contributed by atoms with Crippen molar-refractivity contribution in [2.75, 3.05) is 19.4 Å². The van der Waals surface area contributed by atoms with E-state index in [4.69, 9.17) is 27.0 Å². The van der Waals surface area contributed by atoms with E-state index in [0.29, 0.717) is 4.57 Å². The van der Waals surface area contributed by atoms with Crippen LogP contribution in [-0.2, 0) is 23.4 Å². The first-order chi connectivity index (χ1) is 19.1. The fourth-order valence-electron chi connectivity index (χ4n) is 3.58. The molecule has 39 heavy (non-hydrogen) atoms. The zero-order chi connectivity index (χ0) is 30.6. The van der Waals surface area contributed by atoms with E-state index in [2.05, 4.69) is 10.9 Å². The van der Waals surface area contributed by atoms with Gasteiger partial charge in [-0.3, -0.25) is 18.9 Å². The third kappa shape index (κ3) is 7.40. The fourth-order valence-corrected chi connectivity index (χ4v) is 5.29. The maximum Gasteiger partial charge on any atom is 0.380 e. The van der Waals surface area contributed by atoms with Crippen LogP contribution in [0.5, 0.6) is 5.75 Å². The predicted octanol–water partition coefficient (Wildman–Crippen LogP) is 0.737. The second kappa shape index (κ2) is 12.7. The number of hydrogen-bond acceptors (Lipinski definition) is 11. The van der Waals surface area contributed by atoms with E-state index in [1.165, 1.54) is 19.1 Å². The van der Waals surface area contributed by atoms with E-state index in [0.717, 1.165) is 6.33 Å². The summed E-state index contributed by atoms with van der Waals surface area (Å²) in [5, 5.41) is 11.1. The molecule has 0 radical (unpaired) electrons. The lowest BCUT2D eigenvalue weighted by molar-refractivity contribution is -0.151. The lowest BCUT2D eigenvalue weighted by Crippen LogP contribution is -2.55. The Morgan fingerprint density at radius 2 is 2.08 bits per heavy atom. The second-order valence-electron chi connectivity index (χ2n) is 8.90. The summed E-state index contributed by atoms with van der Waals surface area (Å²) in [5.41, 5.74) is 1.78. The van der Waals surface area contributed by atoms with Crippen LogP contribution in [0.3, 0.4) is 0 Å². The number of nitrogens with one attached hydrogen (secondary N) is 1. The molecule has 1 aromatic heterocycles. The number of para-hydroxylation sites is 1. The first-order valence-corrected chi connectivity index (χ1v) is 13.5. The van der Waals surface area contributed by atoms with Crippen molar-refractivity contribution in [2.24, 2.45) is 11.7 Å². The molecule has 0 spiro atoms. The van der Waals surface area contributed by atoms with E-state index in [1.54, 1.807) is 32.0 Å². The average Bonchev–Trinajstić information content (AvgIpc) is 3.13. The van der Waals surface area contributed by atoms with E-state index in [-0.39, 0.29) is 5.75 Å². The third-order valence-corrected chi connectivity index (χ3v) is 7.25. The van der Waals surface area contributed by atoms with Crippen LogP contribution in [0.25, 0.3) is 0 Å². The summed E-state index contributed by atoms with van der Waals surface area (Å²) >= 11 is 0. The van der Waals surface area contributed by atoms with Crippen molar-refractivity contribution in [2.45, 2.75) is 50.8 Å². The highest BCUT2D eigenvalue weighted by Crippen LogP contribution is 2.51. The number of carbonyl (C=O) groups is 1. The molecular formula is C24H30FN4O9P. The van der Waals surface area contributed by atoms with Crippen LogP contribution >= 0.6 is 7.60 Å². The van der Waals surface area contributed by atoms with Crippen LogP contribution < -0.4 is 21.6 Å². The monoisotopic (exact) mass is 570 g/mol. The molecule has 1 aliphatic heterocycles. The SMILES string of the molecule is [2H]C([2H])(O[P@@](=O)(C[C@@H](C)C(=O)OC(C)C)Oc1ccccc1)[C@H]1O[C@@H](n2cnc(=O)[nH]c2=O)C(N)(C#CCF)[C@H]1O. The number of nitrogens with zero attached hydrogens (tertiary/aromatic N) is 2. The smallest absolute Gasteiger partial charge is 0.380 e. The minimum atomic E-state index is -4.60. The topological polar surface area (TPSA) is 185 Å². The van der Waals surface area contributed by atoms with Crippen LogP contribution in [0, 0.1) is 17.8 Å². The molecule has 6 atom stereocenters. The largest absolute Gasteiger partial charge is 0.463 e. The normalized spacial score (nSPS) is 26.0. The molecule has 0 saturated carbocycles. The van der Waals surface area contributed by atoms with Gasteiger partial charge in [-0.1, -0.05) is 37.0 Å². The van der Waals surface area contributed by atoms with Crippen LogP contribution in [0.2, 0.25) is 0 Å². The molecule has 4 N–H and O–H groups in total. The zero-order valence-corrected chi connectivity index (χ0v) is 22.2. The number of aliphatic hydroxyl groups excluding tert-OH is 1. The lowest BCUT2D eigenvalue weighted by atomic mass is 9.91. The zero-order valence-electron chi connectivity index (χ0n) is 23.3. The Kier molecular flexibility index (Phi) is 8.85. The quantitative estimate of drug-likeness (QED) is 0.208. The summed E-state index contributed by atoms with van der Waals surface area (Å²) in [6.07, 6.45) is -6.43. The Morgan fingerprint density at radius 1 is 1.38 bits per heavy atom. The number of nitrogens with two attached hydrogens (primary N) is 1. The van der Waals surface area contributed by atoms with Gasteiger partial charge < -0.3 is 24.8 Å². The van der Waals surface area contributed by atoms with E-state index in [1.807, 2.05) is 10.9 Å². The molecule has 1 aromatic carbocycles. The summed E-state index contributed by atoms with van der Waals surface area (Å²) in [5.74, 6) is 2.44. The summed E-state index contributed by atoms with van der Waals surface area (Å²) in [6.45, 7) is 0.220. The average molecular weight is 571 g/mol. The number of halogens is 1. The maximum atomic E-state index is 14.0. The summed E-state index contributed by atoms with van der Waals surface area (Å²) < 4.78 is 66.4. The van der Waals surface area contributed by atoms with Crippen LogP contribution in [0.4, 0.5) is 4.39 Å².